The van der Waals surface area contributed by atoms with Crippen molar-refractivity contribution in [1.29, 1.82) is 0 Å². The molecule has 2 aromatic carbocycles. The maximum absolute atomic E-state index is 5.52. The molecule has 2 aromatic rings. The van der Waals surface area contributed by atoms with E-state index in [9.17, 15) is 0 Å². The van der Waals surface area contributed by atoms with Gasteiger partial charge >= 0.3 is 0 Å². The molecule has 0 N–H and O–H groups in total. The molecule has 0 unspecified atom stereocenters. The number of benzene rings is 2. The lowest BCUT2D eigenvalue weighted by molar-refractivity contribution is 0.313. The molecule has 6 heteroatoms. The Morgan fingerprint density at radius 3 is 2.11 bits per heavy atom. The van der Waals surface area contributed by atoms with E-state index in [-0.39, 0.29) is 0 Å². The molecule has 1 aliphatic heterocycles. The molecule has 1 fully saturated rings. The summed E-state index contributed by atoms with van der Waals surface area (Å²) < 4.78 is 17.4. The number of anilines is 1. The van der Waals surface area contributed by atoms with Crippen LogP contribution in [-0.4, -0.2) is 52.4 Å². The van der Waals surface area contributed by atoms with Gasteiger partial charge in [-0.15, -0.1) is 0 Å². The number of methoxy groups -OCH3 is 3. The third kappa shape index (κ3) is 4.38. The summed E-state index contributed by atoms with van der Waals surface area (Å²) in [6.45, 7) is 8.06. The molecule has 0 saturated carbocycles. The summed E-state index contributed by atoms with van der Waals surface area (Å²) in [4.78, 5) is 4.72. The summed E-state index contributed by atoms with van der Waals surface area (Å²) in [6.07, 6.45) is 0.708. The largest absolute Gasteiger partial charge is 0.496 e. The van der Waals surface area contributed by atoms with Crippen molar-refractivity contribution in [1.82, 2.24) is 4.90 Å². The van der Waals surface area contributed by atoms with E-state index in [1.807, 2.05) is 24.3 Å². The normalized spacial score (nSPS) is 14.0. The summed E-state index contributed by atoms with van der Waals surface area (Å²) in [6, 6.07) is 12.1. The lowest BCUT2D eigenvalue weighted by atomic mass is 10.1. The molecule has 1 heterocycles. The van der Waals surface area contributed by atoms with Gasteiger partial charge in [0.25, 0.3) is 0 Å². The first-order valence-corrected chi connectivity index (χ1v) is 10.1. The first-order valence-electron chi connectivity index (χ1n) is 9.28. The highest BCUT2D eigenvalue weighted by Gasteiger charge is 2.21. The number of hydrogen-bond acceptors (Lipinski definition) is 5. The predicted octanol–water partition coefficient (Wildman–Crippen LogP) is 4.35. The summed E-state index contributed by atoms with van der Waals surface area (Å²) in [5.74, 6) is 2.52. The van der Waals surface area contributed by atoms with E-state index in [1.165, 1.54) is 5.69 Å². The highest BCUT2D eigenvalue weighted by atomic mass is 79.9. The number of piperazine rings is 1. The van der Waals surface area contributed by atoms with Gasteiger partial charge in [0.05, 0.1) is 25.8 Å². The molecule has 3 rings (SSSR count). The second-order valence-corrected chi connectivity index (χ2v) is 7.53. The second kappa shape index (κ2) is 9.24. The topological polar surface area (TPSA) is 34.2 Å². The van der Waals surface area contributed by atoms with Gasteiger partial charge in [-0.25, -0.2) is 0 Å². The molecule has 5 nitrogen and oxygen atoms in total. The predicted molar refractivity (Wildman–Crippen MR) is 117 cm³/mol. The van der Waals surface area contributed by atoms with Crippen molar-refractivity contribution >= 4 is 21.6 Å². The van der Waals surface area contributed by atoms with Gasteiger partial charge in [0.15, 0.2) is 0 Å². The quantitative estimate of drug-likeness (QED) is 0.631. The number of nitrogens with zero attached hydrogens (tertiary/aromatic N) is 2. The van der Waals surface area contributed by atoms with Crippen molar-refractivity contribution in [3.8, 4) is 17.2 Å². The SMILES string of the molecule is C=C(Cc1c(OC)cccc1OC)N1CCN(c2ccc(Br)c(OC)c2)CC1. The van der Waals surface area contributed by atoms with Crippen LogP contribution in [0.25, 0.3) is 0 Å². The third-order valence-electron chi connectivity index (χ3n) is 5.14. The van der Waals surface area contributed by atoms with Crippen LogP contribution in [0.2, 0.25) is 0 Å². The van der Waals surface area contributed by atoms with Crippen LogP contribution in [-0.2, 0) is 6.42 Å². The van der Waals surface area contributed by atoms with Gasteiger partial charge in [0.2, 0.25) is 0 Å². The average Bonchev–Trinajstić information content (AvgIpc) is 2.74. The van der Waals surface area contributed by atoms with Crippen molar-refractivity contribution in [3.05, 3.63) is 58.7 Å². The van der Waals surface area contributed by atoms with Crippen molar-refractivity contribution < 1.29 is 14.2 Å². The Morgan fingerprint density at radius 2 is 1.54 bits per heavy atom. The van der Waals surface area contributed by atoms with Gasteiger partial charge in [-0.3, -0.25) is 0 Å². The van der Waals surface area contributed by atoms with Gasteiger partial charge < -0.3 is 24.0 Å². The molecule has 0 spiro atoms. The van der Waals surface area contributed by atoms with Crippen LogP contribution < -0.4 is 19.1 Å². The number of ether oxygens (including phenoxy) is 3. The van der Waals surface area contributed by atoms with Gasteiger partial charge in [-0.05, 0) is 40.2 Å². The Morgan fingerprint density at radius 1 is 0.929 bits per heavy atom. The minimum Gasteiger partial charge on any atom is -0.496 e. The molecule has 0 atom stereocenters. The average molecular weight is 447 g/mol. The first-order chi connectivity index (χ1) is 13.6. The zero-order chi connectivity index (χ0) is 20.1. The molecular formula is C22H27BrN2O3. The fourth-order valence-corrected chi connectivity index (χ4v) is 3.95. The summed E-state index contributed by atoms with van der Waals surface area (Å²) >= 11 is 3.51. The Kier molecular flexibility index (Phi) is 6.73. The van der Waals surface area contributed by atoms with Gasteiger partial charge in [-0.1, -0.05) is 12.6 Å². The fraction of sp³-hybridized carbons (Fsp3) is 0.364. The van der Waals surface area contributed by atoms with Crippen molar-refractivity contribution in [3.63, 3.8) is 0 Å². The Bertz CT molecular complexity index is 810. The van der Waals surface area contributed by atoms with Crippen LogP contribution in [0.5, 0.6) is 17.2 Å². The third-order valence-corrected chi connectivity index (χ3v) is 5.79. The van der Waals surface area contributed by atoms with Gasteiger partial charge in [0, 0.05) is 55.6 Å². The zero-order valence-corrected chi connectivity index (χ0v) is 18.3. The summed E-state index contributed by atoms with van der Waals surface area (Å²) in [5, 5.41) is 0. The van der Waals surface area contributed by atoms with Crippen LogP contribution in [0.4, 0.5) is 5.69 Å². The van der Waals surface area contributed by atoms with Crippen LogP contribution in [0.15, 0.2) is 53.1 Å². The lowest BCUT2D eigenvalue weighted by Crippen LogP contribution is -2.46. The summed E-state index contributed by atoms with van der Waals surface area (Å²) in [5.41, 5.74) is 3.30. The molecule has 0 aliphatic carbocycles. The van der Waals surface area contributed by atoms with E-state index in [2.05, 4.69) is 44.4 Å². The van der Waals surface area contributed by atoms with E-state index in [4.69, 9.17) is 14.2 Å². The Hall–Kier alpha value is -2.34. The maximum atomic E-state index is 5.52. The molecular weight excluding hydrogens is 420 g/mol. The minimum atomic E-state index is 0.708. The standard InChI is InChI=1S/C22H27BrN2O3/c1-16(14-18-20(26-2)6-5-7-21(18)27-3)24-10-12-25(13-11-24)17-8-9-19(23)22(15-17)28-4/h5-9,15H,1,10-14H2,2-4H3. The monoisotopic (exact) mass is 446 g/mol. The van der Waals surface area contributed by atoms with Crippen LogP contribution in [0, 0.1) is 0 Å². The molecule has 28 heavy (non-hydrogen) atoms. The Labute approximate surface area is 175 Å². The number of halogens is 1. The maximum Gasteiger partial charge on any atom is 0.135 e. The molecule has 0 bridgehead atoms. The van der Waals surface area contributed by atoms with Gasteiger partial charge in [0.1, 0.15) is 17.2 Å². The smallest absolute Gasteiger partial charge is 0.135 e. The van der Waals surface area contributed by atoms with E-state index < -0.39 is 0 Å². The van der Waals surface area contributed by atoms with Crippen LogP contribution in [0.3, 0.4) is 0 Å². The van der Waals surface area contributed by atoms with Crippen molar-refractivity contribution in [2.75, 3.05) is 52.4 Å². The van der Waals surface area contributed by atoms with Crippen LogP contribution >= 0.6 is 15.9 Å². The van der Waals surface area contributed by atoms with Crippen molar-refractivity contribution in [2.24, 2.45) is 0 Å². The van der Waals surface area contributed by atoms with Crippen molar-refractivity contribution in [2.45, 2.75) is 6.42 Å². The van der Waals surface area contributed by atoms with E-state index in [0.29, 0.717) is 6.42 Å². The molecule has 1 saturated heterocycles. The zero-order valence-electron chi connectivity index (χ0n) is 16.7. The Balaban J connectivity index is 1.65. The van der Waals surface area contributed by atoms with E-state index in [1.54, 1.807) is 21.3 Å². The highest BCUT2D eigenvalue weighted by molar-refractivity contribution is 9.10. The molecule has 0 aromatic heterocycles. The number of rotatable bonds is 7. The van der Waals surface area contributed by atoms with Crippen LogP contribution in [0.1, 0.15) is 5.56 Å². The molecule has 150 valence electrons. The fourth-order valence-electron chi connectivity index (χ4n) is 3.54. The first kappa shape index (κ1) is 20.4. The summed E-state index contributed by atoms with van der Waals surface area (Å²) in [7, 11) is 5.07. The van der Waals surface area contributed by atoms with E-state index >= 15 is 0 Å². The second-order valence-electron chi connectivity index (χ2n) is 6.68. The molecule has 1 aliphatic rings. The molecule has 0 amide bonds. The minimum absolute atomic E-state index is 0.708. The number of hydrogen-bond donors (Lipinski definition) is 0. The van der Waals surface area contributed by atoms with Gasteiger partial charge in [-0.2, -0.15) is 0 Å². The van der Waals surface area contributed by atoms with E-state index in [0.717, 1.165) is 59.2 Å². The number of allylic oxidation sites excluding steroid dienone is 1. The molecule has 0 radical (unpaired) electrons. The highest BCUT2D eigenvalue weighted by Crippen LogP contribution is 2.32. The lowest BCUT2D eigenvalue weighted by Gasteiger charge is -2.38.